The van der Waals surface area contributed by atoms with Crippen LogP contribution in [-0.4, -0.2) is 22.7 Å². The smallest absolute Gasteiger partial charge is 0.262 e. The second-order valence-corrected chi connectivity index (χ2v) is 5.57. The average Bonchev–Trinajstić information content (AvgIpc) is 3.16. The minimum Gasteiger partial charge on any atom is -0.483 e. The molecule has 6 heteroatoms. The standard InChI is InChI=1S/C19H19N3O3/c1-3-14-6-4-5-7-17(14)24-11-18(23)21-16-9-8-15(10-13(16)2)19-22-20-12-25-19/h4-10,12H,3,11H2,1-2H3,(H,21,23). The number of amides is 1. The molecular weight excluding hydrogens is 318 g/mol. The molecule has 3 aromatic rings. The van der Waals surface area contributed by atoms with E-state index in [9.17, 15) is 4.79 Å². The van der Waals surface area contributed by atoms with Crippen molar-refractivity contribution in [1.82, 2.24) is 10.2 Å². The lowest BCUT2D eigenvalue weighted by atomic mass is 10.1. The SMILES string of the molecule is CCc1ccccc1OCC(=O)Nc1ccc(-c2nnco2)cc1C. The summed E-state index contributed by atoms with van der Waals surface area (Å²) in [5.41, 5.74) is 3.51. The molecule has 6 nitrogen and oxygen atoms in total. The highest BCUT2D eigenvalue weighted by Gasteiger charge is 2.10. The summed E-state index contributed by atoms with van der Waals surface area (Å²) in [6.07, 6.45) is 2.14. The van der Waals surface area contributed by atoms with Crippen molar-refractivity contribution >= 4 is 11.6 Å². The fourth-order valence-electron chi connectivity index (χ4n) is 2.50. The Bertz CT molecular complexity index is 860. The lowest BCUT2D eigenvalue weighted by Crippen LogP contribution is -2.21. The number of nitrogens with zero attached hydrogens (tertiary/aromatic N) is 2. The Balaban J connectivity index is 1.63. The number of hydrogen-bond acceptors (Lipinski definition) is 5. The van der Waals surface area contributed by atoms with Crippen LogP contribution in [0.15, 0.2) is 53.3 Å². The van der Waals surface area contributed by atoms with Crippen molar-refractivity contribution in [2.75, 3.05) is 11.9 Å². The van der Waals surface area contributed by atoms with E-state index in [4.69, 9.17) is 9.15 Å². The molecule has 0 aliphatic rings. The lowest BCUT2D eigenvalue weighted by Gasteiger charge is -2.12. The number of hydrogen-bond donors (Lipinski definition) is 1. The summed E-state index contributed by atoms with van der Waals surface area (Å²) >= 11 is 0. The molecule has 1 amide bonds. The van der Waals surface area contributed by atoms with Gasteiger partial charge in [-0.15, -0.1) is 10.2 Å². The second-order valence-electron chi connectivity index (χ2n) is 5.57. The van der Waals surface area contributed by atoms with Crippen molar-refractivity contribution < 1.29 is 13.9 Å². The molecule has 3 rings (SSSR count). The Kier molecular flexibility index (Phi) is 5.09. The summed E-state index contributed by atoms with van der Waals surface area (Å²) in [4.78, 5) is 12.2. The highest BCUT2D eigenvalue weighted by Crippen LogP contribution is 2.23. The van der Waals surface area contributed by atoms with Crippen LogP contribution in [0.4, 0.5) is 5.69 Å². The normalized spacial score (nSPS) is 10.5. The summed E-state index contributed by atoms with van der Waals surface area (Å²) < 4.78 is 10.8. The molecule has 0 fully saturated rings. The third-order valence-corrected chi connectivity index (χ3v) is 3.82. The number of aromatic nitrogens is 2. The Morgan fingerprint density at radius 3 is 2.80 bits per heavy atom. The van der Waals surface area contributed by atoms with E-state index in [0.29, 0.717) is 5.89 Å². The number of nitrogens with one attached hydrogen (secondary N) is 1. The molecule has 2 aromatic carbocycles. The Labute approximate surface area is 145 Å². The number of carbonyl (C=O) groups excluding carboxylic acids is 1. The first-order valence-electron chi connectivity index (χ1n) is 8.05. The lowest BCUT2D eigenvalue weighted by molar-refractivity contribution is -0.118. The molecule has 0 atom stereocenters. The zero-order chi connectivity index (χ0) is 17.6. The van der Waals surface area contributed by atoms with E-state index in [0.717, 1.165) is 34.5 Å². The highest BCUT2D eigenvalue weighted by molar-refractivity contribution is 5.92. The van der Waals surface area contributed by atoms with E-state index >= 15 is 0 Å². The number of para-hydroxylation sites is 1. The summed E-state index contributed by atoms with van der Waals surface area (Å²) in [6, 6.07) is 13.2. The first kappa shape index (κ1) is 16.7. The quantitative estimate of drug-likeness (QED) is 0.743. The van der Waals surface area contributed by atoms with E-state index in [2.05, 4.69) is 22.4 Å². The van der Waals surface area contributed by atoms with E-state index in [-0.39, 0.29) is 12.5 Å². The minimum absolute atomic E-state index is 0.0398. The van der Waals surface area contributed by atoms with Gasteiger partial charge in [-0.1, -0.05) is 25.1 Å². The van der Waals surface area contributed by atoms with E-state index in [1.54, 1.807) is 0 Å². The molecule has 0 aliphatic heterocycles. The van der Waals surface area contributed by atoms with Gasteiger partial charge in [-0.2, -0.15) is 0 Å². The Morgan fingerprint density at radius 1 is 1.24 bits per heavy atom. The summed E-state index contributed by atoms with van der Waals surface area (Å²) in [6.45, 7) is 3.92. The number of carbonyl (C=O) groups is 1. The maximum atomic E-state index is 12.2. The average molecular weight is 337 g/mol. The van der Waals surface area contributed by atoms with Crippen molar-refractivity contribution in [3.63, 3.8) is 0 Å². The predicted octanol–water partition coefficient (Wildman–Crippen LogP) is 3.62. The molecule has 0 saturated carbocycles. The summed E-state index contributed by atoms with van der Waals surface area (Å²) in [7, 11) is 0. The number of aryl methyl sites for hydroxylation is 2. The monoisotopic (exact) mass is 337 g/mol. The zero-order valence-corrected chi connectivity index (χ0v) is 14.2. The molecule has 0 aliphatic carbocycles. The largest absolute Gasteiger partial charge is 0.483 e. The molecule has 0 bridgehead atoms. The van der Waals surface area contributed by atoms with Gasteiger partial charge < -0.3 is 14.5 Å². The minimum atomic E-state index is -0.209. The van der Waals surface area contributed by atoms with Gasteiger partial charge in [0.1, 0.15) is 5.75 Å². The van der Waals surface area contributed by atoms with Crippen LogP contribution < -0.4 is 10.1 Å². The maximum Gasteiger partial charge on any atom is 0.262 e. The van der Waals surface area contributed by atoms with Gasteiger partial charge in [0.25, 0.3) is 5.91 Å². The van der Waals surface area contributed by atoms with Crippen LogP contribution in [0.2, 0.25) is 0 Å². The predicted molar refractivity (Wildman–Crippen MR) is 94.4 cm³/mol. The highest BCUT2D eigenvalue weighted by atomic mass is 16.5. The molecule has 0 radical (unpaired) electrons. The van der Waals surface area contributed by atoms with Crippen LogP contribution in [0.5, 0.6) is 5.75 Å². The van der Waals surface area contributed by atoms with Crippen LogP contribution in [0, 0.1) is 6.92 Å². The van der Waals surface area contributed by atoms with Gasteiger partial charge in [0.15, 0.2) is 6.61 Å². The van der Waals surface area contributed by atoms with E-state index in [1.165, 1.54) is 6.39 Å². The van der Waals surface area contributed by atoms with Gasteiger partial charge in [-0.25, -0.2) is 0 Å². The zero-order valence-electron chi connectivity index (χ0n) is 14.2. The molecule has 1 aromatic heterocycles. The van der Waals surface area contributed by atoms with Crippen molar-refractivity contribution in [3.05, 3.63) is 60.0 Å². The van der Waals surface area contributed by atoms with Crippen molar-refractivity contribution in [2.24, 2.45) is 0 Å². The fourth-order valence-corrected chi connectivity index (χ4v) is 2.50. The van der Waals surface area contributed by atoms with Gasteiger partial charge in [0.05, 0.1) is 0 Å². The van der Waals surface area contributed by atoms with Gasteiger partial charge >= 0.3 is 0 Å². The first-order chi connectivity index (χ1) is 12.2. The van der Waals surface area contributed by atoms with Crippen molar-refractivity contribution in [2.45, 2.75) is 20.3 Å². The second kappa shape index (κ2) is 7.61. The third-order valence-electron chi connectivity index (χ3n) is 3.82. The van der Waals surface area contributed by atoms with Crippen LogP contribution in [0.25, 0.3) is 11.5 Å². The fraction of sp³-hybridized carbons (Fsp3) is 0.211. The number of ether oxygens (including phenoxy) is 1. The van der Waals surface area contributed by atoms with Crippen molar-refractivity contribution in [1.29, 1.82) is 0 Å². The van der Waals surface area contributed by atoms with Crippen LogP contribution in [0.1, 0.15) is 18.1 Å². The van der Waals surface area contributed by atoms with Crippen LogP contribution in [0.3, 0.4) is 0 Å². The molecule has 0 unspecified atom stereocenters. The van der Waals surface area contributed by atoms with E-state index < -0.39 is 0 Å². The van der Waals surface area contributed by atoms with E-state index in [1.807, 2.05) is 49.4 Å². The summed E-state index contributed by atoms with van der Waals surface area (Å²) in [5, 5.41) is 10.4. The van der Waals surface area contributed by atoms with Gasteiger partial charge in [0, 0.05) is 11.3 Å². The number of rotatable bonds is 6. The molecule has 0 saturated heterocycles. The molecule has 25 heavy (non-hydrogen) atoms. The summed E-state index contributed by atoms with van der Waals surface area (Å²) in [5.74, 6) is 0.976. The molecular formula is C19H19N3O3. The topological polar surface area (TPSA) is 77.2 Å². The molecule has 0 spiro atoms. The van der Waals surface area contributed by atoms with Gasteiger partial charge in [-0.3, -0.25) is 4.79 Å². The molecule has 1 heterocycles. The first-order valence-corrected chi connectivity index (χ1v) is 8.05. The van der Waals surface area contributed by atoms with Crippen LogP contribution >= 0.6 is 0 Å². The van der Waals surface area contributed by atoms with Gasteiger partial charge in [0.2, 0.25) is 12.3 Å². The van der Waals surface area contributed by atoms with Crippen LogP contribution in [-0.2, 0) is 11.2 Å². The molecule has 1 N–H and O–H groups in total. The number of benzene rings is 2. The Hall–Kier alpha value is -3.15. The third kappa shape index (κ3) is 4.03. The Morgan fingerprint density at radius 2 is 2.08 bits per heavy atom. The number of anilines is 1. The molecule has 128 valence electrons. The van der Waals surface area contributed by atoms with Crippen molar-refractivity contribution in [3.8, 4) is 17.2 Å². The van der Waals surface area contributed by atoms with Gasteiger partial charge in [-0.05, 0) is 48.7 Å². The maximum absolute atomic E-state index is 12.2.